The number of carbonyl (C=O) groups is 1. The number of thiophene rings is 1. The molecule has 0 atom stereocenters. The van der Waals surface area contributed by atoms with E-state index >= 15 is 0 Å². The fourth-order valence-corrected chi connectivity index (χ4v) is 4.09. The topological polar surface area (TPSA) is 145 Å². The molecule has 1 amide bonds. The minimum atomic E-state index is -0.731. The molecule has 12 heteroatoms. The summed E-state index contributed by atoms with van der Waals surface area (Å²) < 4.78 is 1.29. The van der Waals surface area contributed by atoms with Crippen molar-refractivity contribution in [3.63, 3.8) is 0 Å². The van der Waals surface area contributed by atoms with Crippen LogP contribution in [0.5, 0.6) is 0 Å². The number of nitrogens with two attached hydrogens (primary N) is 1. The monoisotopic (exact) mass is 480 g/mol. The van der Waals surface area contributed by atoms with E-state index in [9.17, 15) is 14.4 Å². The minimum Gasteiger partial charge on any atom is -0.383 e. The summed E-state index contributed by atoms with van der Waals surface area (Å²) in [5, 5.41) is 16.0. The molecule has 3 aromatic heterocycles. The van der Waals surface area contributed by atoms with Crippen molar-refractivity contribution in [2.45, 2.75) is 39.4 Å². The average molecular weight is 481 g/mol. The summed E-state index contributed by atoms with van der Waals surface area (Å²) in [6.07, 6.45) is 1.52. The second-order valence-electron chi connectivity index (χ2n) is 7.62. The van der Waals surface area contributed by atoms with Crippen LogP contribution in [0, 0.1) is 0 Å². The Morgan fingerprint density at radius 1 is 1.21 bits per heavy atom. The minimum absolute atomic E-state index is 0.0583. The van der Waals surface area contributed by atoms with Gasteiger partial charge in [-0.05, 0) is 28.6 Å². The summed E-state index contributed by atoms with van der Waals surface area (Å²) in [7, 11) is 0. The molecule has 0 bridgehead atoms. The molecular weight excluding hydrogens is 456 g/mol. The molecule has 4 aromatic rings. The van der Waals surface area contributed by atoms with Crippen molar-refractivity contribution in [1.82, 2.24) is 29.8 Å². The molecule has 0 aliphatic carbocycles. The molecule has 0 radical (unpaired) electrons. The molecule has 11 nitrogen and oxygen atoms in total. The Kier molecular flexibility index (Phi) is 6.97. The second kappa shape index (κ2) is 10.3. The number of rotatable bonds is 9. The zero-order valence-electron chi connectivity index (χ0n) is 18.5. The fourth-order valence-electron chi connectivity index (χ4n) is 3.46. The van der Waals surface area contributed by atoms with Crippen molar-refractivity contribution >= 4 is 28.7 Å². The highest BCUT2D eigenvalue weighted by molar-refractivity contribution is 7.08. The summed E-state index contributed by atoms with van der Waals surface area (Å²) in [4.78, 5) is 43.4. The molecule has 0 saturated carbocycles. The van der Waals surface area contributed by atoms with Crippen LogP contribution in [0.3, 0.4) is 0 Å². The maximum absolute atomic E-state index is 13.4. The van der Waals surface area contributed by atoms with Crippen LogP contribution in [0.25, 0.3) is 11.4 Å². The first-order valence-electron chi connectivity index (χ1n) is 10.7. The first-order valence-corrected chi connectivity index (χ1v) is 11.7. The Morgan fingerprint density at radius 3 is 2.71 bits per heavy atom. The largest absolute Gasteiger partial charge is 0.383 e. The number of tetrazole rings is 1. The maximum atomic E-state index is 13.4. The van der Waals surface area contributed by atoms with E-state index < -0.39 is 17.2 Å². The first kappa shape index (κ1) is 23.1. The van der Waals surface area contributed by atoms with E-state index in [1.807, 2.05) is 54.1 Å². The summed E-state index contributed by atoms with van der Waals surface area (Å²) in [6.45, 7) is 2.11. The van der Waals surface area contributed by atoms with Crippen molar-refractivity contribution in [1.29, 1.82) is 0 Å². The van der Waals surface area contributed by atoms with Crippen LogP contribution >= 0.6 is 11.3 Å². The Bertz CT molecular complexity index is 1380. The number of aromatic nitrogens is 6. The van der Waals surface area contributed by atoms with Crippen LogP contribution < -0.4 is 21.9 Å². The van der Waals surface area contributed by atoms with Gasteiger partial charge in [0.2, 0.25) is 5.82 Å². The number of H-pyrrole nitrogens is 1. The van der Waals surface area contributed by atoms with Gasteiger partial charge in [0.1, 0.15) is 12.4 Å². The maximum Gasteiger partial charge on any atom is 0.330 e. The van der Waals surface area contributed by atoms with Gasteiger partial charge < -0.3 is 5.73 Å². The number of aromatic amines is 1. The number of nitrogen functional groups attached to an aromatic ring is 1. The number of nitrogens with zero attached hydrogens (tertiary/aromatic N) is 6. The number of carbonyl (C=O) groups excluding carboxylic acids is 1. The lowest BCUT2D eigenvalue weighted by Gasteiger charge is -2.24. The summed E-state index contributed by atoms with van der Waals surface area (Å²) in [5.41, 5.74) is 6.44. The molecule has 34 heavy (non-hydrogen) atoms. The van der Waals surface area contributed by atoms with Crippen LogP contribution in [-0.4, -0.2) is 35.7 Å². The Balaban J connectivity index is 1.71. The predicted molar refractivity (Wildman–Crippen MR) is 129 cm³/mol. The zero-order valence-corrected chi connectivity index (χ0v) is 19.4. The standard InChI is InChI=1S/C22H24N8O3S/c1-2-3-10-28-19(23)18(21(32)24-22(28)33)29(12-15-7-5-4-6-8-15)17(31)13-30-26-20(25-27-30)16-9-11-34-14-16/h4-9,11,14H,2-3,10,12-13,23H2,1H3,(H,24,32,33). The highest BCUT2D eigenvalue weighted by Gasteiger charge is 2.25. The molecule has 0 aliphatic rings. The van der Waals surface area contributed by atoms with Crippen molar-refractivity contribution < 1.29 is 4.79 Å². The summed E-state index contributed by atoms with van der Waals surface area (Å²) in [5.74, 6) is -0.137. The van der Waals surface area contributed by atoms with Gasteiger partial charge in [-0.3, -0.25) is 24.0 Å². The molecule has 3 N–H and O–H groups in total. The number of nitrogens with one attached hydrogen (secondary N) is 1. The van der Waals surface area contributed by atoms with Gasteiger partial charge in [-0.15, -0.1) is 10.2 Å². The lowest BCUT2D eigenvalue weighted by atomic mass is 10.2. The lowest BCUT2D eigenvalue weighted by Crippen LogP contribution is -2.42. The van der Waals surface area contributed by atoms with Crippen LogP contribution in [0.2, 0.25) is 0 Å². The van der Waals surface area contributed by atoms with Crippen LogP contribution in [0.15, 0.2) is 56.7 Å². The number of unbranched alkanes of at least 4 members (excludes halogenated alkanes) is 1. The van der Waals surface area contributed by atoms with Gasteiger partial charge in [-0.2, -0.15) is 16.1 Å². The molecule has 0 saturated heterocycles. The smallest absolute Gasteiger partial charge is 0.330 e. The van der Waals surface area contributed by atoms with E-state index in [-0.39, 0.29) is 24.6 Å². The quantitative estimate of drug-likeness (QED) is 0.372. The van der Waals surface area contributed by atoms with Gasteiger partial charge in [-0.25, -0.2) is 4.79 Å². The number of anilines is 2. The molecule has 3 heterocycles. The van der Waals surface area contributed by atoms with Gasteiger partial charge in [0.25, 0.3) is 11.5 Å². The molecule has 0 aliphatic heterocycles. The van der Waals surface area contributed by atoms with E-state index in [0.717, 1.165) is 17.5 Å². The predicted octanol–water partition coefficient (Wildman–Crippen LogP) is 1.87. The molecule has 4 rings (SSSR count). The van der Waals surface area contributed by atoms with Crippen molar-refractivity contribution in [2.75, 3.05) is 10.6 Å². The van der Waals surface area contributed by atoms with E-state index in [4.69, 9.17) is 5.73 Å². The molecule has 176 valence electrons. The van der Waals surface area contributed by atoms with Crippen LogP contribution in [0.1, 0.15) is 25.3 Å². The summed E-state index contributed by atoms with van der Waals surface area (Å²) >= 11 is 1.50. The lowest BCUT2D eigenvalue weighted by molar-refractivity contribution is -0.119. The Morgan fingerprint density at radius 2 is 2.00 bits per heavy atom. The van der Waals surface area contributed by atoms with Crippen molar-refractivity contribution in [3.8, 4) is 11.4 Å². The average Bonchev–Trinajstić information content (AvgIpc) is 3.51. The van der Waals surface area contributed by atoms with Gasteiger partial charge in [0, 0.05) is 17.5 Å². The van der Waals surface area contributed by atoms with Gasteiger partial charge >= 0.3 is 5.69 Å². The second-order valence-corrected chi connectivity index (χ2v) is 8.40. The third-order valence-electron chi connectivity index (χ3n) is 5.21. The van der Waals surface area contributed by atoms with E-state index in [1.165, 1.54) is 25.6 Å². The third-order valence-corrected chi connectivity index (χ3v) is 5.90. The van der Waals surface area contributed by atoms with Crippen LogP contribution in [-0.2, 0) is 24.4 Å². The van der Waals surface area contributed by atoms with E-state index in [1.54, 1.807) is 0 Å². The molecule has 0 unspecified atom stereocenters. The Hall–Kier alpha value is -4.06. The number of amides is 1. The highest BCUT2D eigenvalue weighted by atomic mass is 32.1. The molecular formula is C22H24N8O3S. The fraction of sp³-hybridized carbons (Fsp3) is 0.273. The number of benzene rings is 1. The van der Waals surface area contributed by atoms with Gasteiger partial charge in [0.15, 0.2) is 5.69 Å². The normalized spacial score (nSPS) is 11.0. The molecule has 1 aromatic carbocycles. The van der Waals surface area contributed by atoms with Gasteiger partial charge in [0.05, 0.1) is 6.54 Å². The molecule has 0 spiro atoms. The van der Waals surface area contributed by atoms with Gasteiger partial charge in [-0.1, -0.05) is 43.7 Å². The number of hydrogen-bond acceptors (Lipinski definition) is 8. The van der Waals surface area contributed by atoms with E-state index in [0.29, 0.717) is 18.8 Å². The third kappa shape index (κ3) is 4.96. The molecule has 0 fully saturated rings. The summed E-state index contributed by atoms with van der Waals surface area (Å²) in [6, 6.07) is 11.0. The van der Waals surface area contributed by atoms with Crippen LogP contribution in [0.4, 0.5) is 11.5 Å². The van der Waals surface area contributed by atoms with Crippen molar-refractivity contribution in [3.05, 3.63) is 73.6 Å². The zero-order chi connectivity index (χ0) is 24.1. The number of hydrogen-bond donors (Lipinski definition) is 2. The SMILES string of the molecule is CCCCn1c(N)c(N(Cc2ccccc2)C(=O)Cn2nnc(-c3ccsc3)n2)c(=O)[nH]c1=O. The Labute approximate surface area is 198 Å². The first-order chi connectivity index (χ1) is 16.5. The highest BCUT2D eigenvalue weighted by Crippen LogP contribution is 2.21. The van der Waals surface area contributed by atoms with Crippen molar-refractivity contribution in [2.24, 2.45) is 0 Å². The van der Waals surface area contributed by atoms with E-state index in [2.05, 4.69) is 20.4 Å².